The lowest BCUT2D eigenvalue weighted by molar-refractivity contribution is 0.0714. The predicted octanol–water partition coefficient (Wildman–Crippen LogP) is 7.03. The minimum Gasteiger partial charge on any atom is -0.490 e. The largest absolute Gasteiger partial charge is 0.490 e. The lowest BCUT2D eigenvalue weighted by Gasteiger charge is -2.26. The van der Waals surface area contributed by atoms with Gasteiger partial charge in [-0.1, -0.05) is 54.4 Å². The fraction of sp³-hybridized carbons (Fsp3) is 0.241. The Hall–Kier alpha value is -3.48. The van der Waals surface area contributed by atoms with E-state index in [0.29, 0.717) is 51.3 Å². The Morgan fingerprint density at radius 2 is 1.76 bits per heavy atom. The zero-order valence-corrected chi connectivity index (χ0v) is 21.9. The highest BCUT2D eigenvalue weighted by atomic mass is 35.5. The molecule has 5 rings (SSSR count). The molecule has 4 aromatic rings. The minimum atomic E-state index is -0.724. The number of amides is 1. The molecule has 0 bridgehead atoms. The second kappa shape index (κ2) is 10.5. The van der Waals surface area contributed by atoms with E-state index in [-0.39, 0.29) is 23.3 Å². The molecule has 0 spiro atoms. The third-order valence-corrected chi connectivity index (χ3v) is 6.88. The van der Waals surface area contributed by atoms with E-state index in [9.17, 15) is 9.59 Å². The van der Waals surface area contributed by atoms with Gasteiger partial charge in [0, 0.05) is 16.6 Å². The van der Waals surface area contributed by atoms with Gasteiger partial charge < -0.3 is 18.8 Å². The summed E-state index contributed by atoms with van der Waals surface area (Å²) in [7, 11) is 0. The maximum atomic E-state index is 13.8. The molecule has 3 aromatic carbocycles. The molecule has 0 N–H and O–H groups in total. The summed E-state index contributed by atoms with van der Waals surface area (Å²) in [6, 6.07) is 16.9. The van der Waals surface area contributed by atoms with Gasteiger partial charge in [-0.25, -0.2) is 0 Å². The van der Waals surface area contributed by atoms with Crippen LogP contribution < -0.4 is 14.9 Å². The number of benzene rings is 3. The Bertz CT molecular complexity index is 1550. The highest BCUT2D eigenvalue weighted by Crippen LogP contribution is 2.42. The minimum absolute atomic E-state index is 0.0149. The number of ether oxygens (including phenoxy) is 2. The van der Waals surface area contributed by atoms with Gasteiger partial charge in [-0.15, -0.1) is 0 Å². The van der Waals surface area contributed by atoms with Crippen LogP contribution in [0.1, 0.15) is 53.6 Å². The summed E-state index contributed by atoms with van der Waals surface area (Å²) < 4.78 is 17.7. The summed E-state index contributed by atoms with van der Waals surface area (Å²) in [5.74, 6) is 0.770. The molecule has 0 saturated heterocycles. The molecular weight excluding hydrogens is 513 g/mol. The van der Waals surface area contributed by atoms with Gasteiger partial charge >= 0.3 is 0 Å². The molecular formula is C29H25Cl2NO5. The number of hydrogen-bond acceptors (Lipinski definition) is 5. The van der Waals surface area contributed by atoms with Gasteiger partial charge in [0.2, 0.25) is 5.76 Å². The fourth-order valence-corrected chi connectivity index (χ4v) is 4.97. The lowest BCUT2D eigenvalue weighted by Crippen LogP contribution is -2.29. The first-order chi connectivity index (χ1) is 17.9. The average Bonchev–Trinajstić information content (AvgIpc) is 3.17. The zero-order chi connectivity index (χ0) is 26.1. The van der Waals surface area contributed by atoms with Crippen LogP contribution in [0.3, 0.4) is 0 Å². The van der Waals surface area contributed by atoms with Crippen LogP contribution in [0.2, 0.25) is 10.0 Å². The second-order valence-electron chi connectivity index (χ2n) is 8.73. The topological polar surface area (TPSA) is 69.0 Å². The average molecular weight is 538 g/mol. The summed E-state index contributed by atoms with van der Waals surface area (Å²) in [6.07, 6.45) is 0.847. The van der Waals surface area contributed by atoms with E-state index >= 15 is 0 Å². The van der Waals surface area contributed by atoms with Crippen molar-refractivity contribution in [1.29, 1.82) is 0 Å². The van der Waals surface area contributed by atoms with Gasteiger partial charge in [0.05, 0.1) is 30.2 Å². The number of fused-ring (bicyclic) bond motifs is 2. The molecule has 2 heterocycles. The van der Waals surface area contributed by atoms with E-state index in [1.807, 2.05) is 50.2 Å². The summed E-state index contributed by atoms with van der Waals surface area (Å²) >= 11 is 12.6. The van der Waals surface area contributed by atoms with Crippen molar-refractivity contribution in [2.24, 2.45) is 0 Å². The number of rotatable bonds is 8. The Kier molecular flexibility index (Phi) is 7.13. The van der Waals surface area contributed by atoms with Crippen LogP contribution in [0.25, 0.3) is 11.0 Å². The number of hydrogen-bond donors (Lipinski definition) is 0. The molecule has 0 fully saturated rings. The Morgan fingerprint density at radius 1 is 0.946 bits per heavy atom. The second-order valence-corrected chi connectivity index (χ2v) is 9.57. The predicted molar refractivity (Wildman–Crippen MR) is 144 cm³/mol. The number of carbonyl (C=O) groups excluding carboxylic acids is 1. The first-order valence-corrected chi connectivity index (χ1v) is 12.9. The van der Waals surface area contributed by atoms with Crippen molar-refractivity contribution in [3.63, 3.8) is 0 Å². The van der Waals surface area contributed by atoms with E-state index in [1.165, 1.54) is 0 Å². The molecule has 1 aliphatic rings. The number of carbonyl (C=O) groups is 1. The monoisotopic (exact) mass is 537 g/mol. The molecule has 8 heteroatoms. The van der Waals surface area contributed by atoms with Crippen molar-refractivity contribution in [1.82, 2.24) is 4.90 Å². The summed E-state index contributed by atoms with van der Waals surface area (Å²) in [6.45, 7) is 5.07. The van der Waals surface area contributed by atoms with E-state index < -0.39 is 11.9 Å². The molecule has 0 aliphatic carbocycles. The highest BCUT2D eigenvalue weighted by molar-refractivity contribution is 6.31. The number of nitrogens with zero attached hydrogens (tertiary/aromatic N) is 1. The molecule has 1 aromatic heterocycles. The van der Waals surface area contributed by atoms with Crippen molar-refractivity contribution >= 4 is 40.1 Å². The molecule has 1 atom stereocenters. The number of halogens is 2. The summed E-state index contributed by atoms with van der Waals surface area (Å²) in [5.41, 5.74) is 1.71. The molecule has 1 amide bonds. The van der Waals surface area contributed by atoms with Crippen LogP contribution in [-0.2, 0) is 6.54 Å². The van der Waals surface area contributed by atoms with Crippen molar-refractivity contribution < 1.29 is 18.7 Å². The highest BCUT2D eigenvalue weighted by Gasteiger charge is 2.43. The zero-order valence-electron chi connectivity index (χ0n) is 20.4. The first-order valence-electron chi connectivity index (χ1n) is 12.1. The van der Waals surface area contributed by atoms with Gasteiger partial charge in [-0.3, -0.25) is 9.59 Å². The SMILES string of the molecule is CCCOc1ccc(C2c3c(oc4ccc(Cl)cc4c3=O)C(=O)N2Cc2ccccc2Cl)cc1OCC. The molecule has 1 aliphatic heterocycles. The van der Waals surface area contributed by atoms with Crippen LogP contribution in [-0.4, -0.2) is 24.0 Å². The van der Waals surface area contributed by atoms with Crippen LogP contribution in [0, 0.1) is 0 Å². The maximum absolute atomic E-state index is 13.8. The summed E-state index contributed by atoms with van der Waals surface area (Å²) in [4.78, 5) is 29.2. The maximum Gasteiger partial charge on any atom is 0.291 e. The molecule has 1 unspecified atom stereocenters. The van der Waals surface area contributed by atoms with Crippen molar-refractivity contribution in [3.05, 3.63) is 103 Å². The lowest BCUT2D eigenvalue weighted by atomic mass is 9.97. The Labute approximate surface area is 224 Å². The Balaban J connectivity index is 1.70. The smallest absolute Gasteiger partial charge is 0.291 e. The van der Waals surface area contributed by atoms with Gasteiger partial charge in [-0.05, 0) is 60.9 Å². The first kappa shape index (κ1) is 25.2. The van der Waals surface area contributed by atoms with Crippen molar-refractivity contribution in [3.8, 4) is 11.5 Å². The van der Waals surface area contributed by atoms with Gasteiger partial charge in [0.1, 0.15) is 5.58 Å². The molecule has 0 saturated carbocycles. The van der Waals surface area contributed by atoms with E-state index in [4.69, 9.17) is 37.1 Å². The van der Waals surface area contributed by atoms with Gasteiger partial charge in [0.25, 0.3) is 5.91 Å². The van der Waals surface area contributed by atoms with Crippen LogP contribution >= 0.6 is 23.2 Å². The molecule has 190 valence electrons. The molecule has 0 radical (unpaired) electrons. The third-order valence-electron chi connectivity index (χ3n) is 6.27. The fourth-order valence-electron chi connectivity index (χ4n) is 4.61. The van der Waals surface area contributed by atoms with Crippen molar-refractivity contribution in [2.45, 2.75) is 32.9 Å². The standard InChI is InChI=1S/C29H25Cl2NO5/c1-3-13-36-23-11-9-17(14-24(23)35-4-2)26-25-27(33)20-15-19(30)10-12-22(20)37-28(25)29(34)32(26)16-18-7-5-6-8-21(18)31/h5-12,14-15,26H,3-4,13,16H2,1-2H3. The van der Waals surface area contributed by atoms with Crippen LogP contribution in [0.4, 0.5) is 0 Å². The van der Waals surface area contributed by atoms with Crippen LogP contribution in [0.15, 0.2) is 69.9 Å². The van der Waals surface area contributed by atoms with Gasteiger partial charge in [-0.2, -0.15) is 0 Å². The Morgan fingerprint density at radius 3 is 2.51 bits per heavy atom. The molecule has 37 heavy (non-hydrogen) atoms. The summed E-state index contributed by atoms with van der Waals surface area (Å²) in [5, 5.41) is 1.25. The molecule has 6 nitrogen and oxygen atoms in total. The normalized spacial score (nSPS) is 14.8. The van der Waals surface area contributed by atoms with Crippen LogP contribution in [0.5, 0.6) is 11.5 Å². The van der Waals surface area contributed by atoms with E-state index in [1.54, 1.807) is 29.2 Å². The van der Waals surface area contributed by atoms with E-state index in [0.717, 1.165) is 12.0 Å². The third kappa shape index (κ3) is 4.67. The quantitative estimate of drug-likeness (QED) is 0.241. The van der Waals surface area contributed by atoms with Crippen molar-refractivity contribution in [2.75, 3.05) is 13.2 Å². The van der Waals surface area contributed by atoms with E-state index in [2.05, 4.69) is 0 Å². The van der Waals surface area contributed by atoms with Gasteiger partial charge in [0.15, 0.2) is 16.9 Å².